The van der Waals surface area contributed by atoms with Gasteiger partial charge in [-0.15, -0.1) is 0 Å². The second-order valence-electron chi connectivity index (χ2n) is 3.98. The summed E-state index contributed by atoms with van der Waals surface area (Å²) in [6, 6.07) is 9.77. The fourth-order valence-electron chi connectivity index (χ4n) is 2.02. The normalized spacial score (nSPS) is 30.3. The number of carbonyl (C=O) groups is 1. The first-order valence-electron chi connectivity index (χ1n) is 4.89. The molecular formula is C11H13ClN2O. The van der Waals surface area contributed by atoms with Crippen molar-refractivity contribution in [1.29, 1.82) is 0 Å². The molecule has 0 unspecified atom stereocenters. The summed E-state index contributed by atoms with van der Waals surface area (Å²) in [6.07, 6.45) is 0.412. The molecule has 0 saturated carbocycles. The molecule has 0 aliphatic carbocycles. The Morgan fingerprint density at radius 1 is 1.47 bits per heavy atom. The van der Waals surface area contributed by atoms with Crippen LogP contribution in [0.5, 0.6) is 0 Å². The molecule has 0 bridgehead atoms. The van der Waals surface area contributed by atoms with Crippen molar-refractivity contribution in [2.45, 2.75) is 24.9 Å². The smallest absolute Gasteiger partial charge is 0.222 e. The van der Waals surface area contributed by atoms with Crippen LogP contribution in [0.25, 0.3) is 0 Å². The molecule has 1 fully saturated rings. The standard InChI is InChI=1S/C11H13ClN2O/c1-11(8-5-3-2-4-6-8)9(14-12)7-10(15)13-11/h2-6,9,14H,7H2,1H3,(H,13,15)/t9-,11+/m0/s1. The highest BCUT2D eigenvalue weighted by Gasteiger charge is 2.43. The molecule has 1 aliphatic rings. The molecule has 4 heteroatoms. The van der Waals surface area contributed by atoms with Gasteiger partial charge >= 0.3 is 0 Å². The van der Waals surface area contributed by atoms with Crippen LogP contribution < -0.4 is 10.2 Å². The molecule has 1 amide bonds. The van der Waals surface area contributed by atoms with E-state index in [2.05, 4.69) is 10.2 Å². The predicted octanol–water partition coefficient (Wildman–Crippen LogP) is 1.53. The predicted molar refractivity (Wildman–Crippen MR) is 59.3 cm³/mol. The van der Waals surface area contributed by atoms with Gasteiger partial charge in [-0.3, -0.25) is 4.79 Å². The molecule has 2 rings (SSSR count). The zero-order valence-electron chi connectivity index (χ0n) is 8.46. The van der Waals surface area contributed by atoms with Gasteiger partial charge in [-0.05, 0) is 24.3 Å². The highest BCUT2D eigenvalue weighted by Crippen LogP contribution is 2.31. The van der Waals surface area contributed by atoms with Crippen LogP contribution in [-0.4, -0.2) is 11.9 Å². The summed E-state index contributed by atoms with van der Waals surface area (Å²) in [7, 11) is 0. The molecule has 0 aromatic heterocycles. The topological polar surface area (TPSA) is 41.1 Å². The van der Waals surface area contributed by atoms with E-state index >= 15 is 0 Å². The fraction of sp³-hybridized carbons (Fsp3) is 0.364. The number of carbonyl (C=O) groups excluding carboxylic acids is 1. The number of halogens is 1. The molecule has 15 heavy (non-hydrogen) atoms. The van der Waals surface area contributed by atoms with E-state index in [0.29, 0.717) is 6.42 Å². The van der Waals surface area contributed by atoms with Crippen LogP contribution in [0.15, 0.2) is 30.3 Å². The van der Waals surface area contributed by atoms with Gasteiger partial charge in [0.25, 0.3) is 0 Å². The van der Waals surface area contributed by atoms with Gasteiger partial charge in [0.2, 0.25) is 5.91 Å². The van der Waals surface area contributed by atoms with Crippen LogP contribution in [-0.2, 0) is 10.3 Å². The van der Waals surface area contributed by atoms with E-state index in [-0.39, 0.29) is 11.9 Å². The maximum Gasteiger partial charge on any atom is 0.222 e. The van der Waals surface area contributed by atoms with Gasteiger partial charge < -0.3 is 5.32 Å². The first-order chi connectivity index (χ1) is 7.16. The average Bonchev–Trinajstić information content (AvgIpc) is 2.56. The van der Waals surface area contributed by atoms with Crippen molar-refractivity contribution < 1.29 is 4.79 Å². The number of hydrogen-bond donors (Lipinski definition) is 2. The van der Waals surface area contributed by atoms with E-state index in [1.165, 1.54) is 0 Å². The maximum absolute atomic E-state index is 11.4. The molecular weight excluding hydrogens is 212 g/mol. The van der Waals surface area contributed by atoms with Crippen molar-refractivity contribution >= 4 is 17.7 Å². The third kappa shape index (κ3) is 1.73. The Hall–Kier alpha value is -1.06. The van der Waals surface area contributed by atoms with Crippen molar-refractivity contribution in [2.24, 2.45) is 0 Å². The largest absolute Gasteiger partial charge is 0.345 e. The number of amides is 1. The van der Waals surface area contributed by atoms with Gasteiger partial charge in [-0.2, -0.15) is 0 Å². The molecule has 1 heterocycles. The second-order valence-corrected chi connectivity index (χ2v) is 4.20. The van der Waals surface area contributed by atoms with Crippen molar-refractivity contribution in [2.75, 3.05) is 0 Å². The minimum Gasteiger partial charge on any atom is -0.345 e. The first kappa shape index (κ1) is 10.5. The molecule has 2 atom stereocenters. The van der Waals surface area contributed by atoms with Crippen LogP contribution in [0, 0.1) is 0 Å². The number of nitrogens with one attached hydrogen (secondary N) is 2. The van der Waals surface area contributed by atoms with Gasteiger partial charge in [0.05, 0.1) is 11.6 Å². The summed E-state index contributed by atoms with van der Waals surface area (Å²) in [5, 5.41) is 2.96. The van der Waals surface area contributed by atoms with Crippen LogP contribution in [0.4, 0.5) is 0 Å². The quantitative estimate of drug-likeness (QED) is 0.749. The summed E-state index contributed by atoms with van der Waals surface area (Å²) in [5.41, 5.74) is 0.647. The zero-order valence-corrected chi connectivity index (χ0v) is 9.21. The fourth-order valence-corrected chi connectivity index (χ4v) is 2.32. The SMILES string of the molecule is C[C@]1(c2ccccc2)NC(=O)C[C@@H]1NCl. The number of rotatable bonds is 2. The summed E-state index contributed by atoms with van der Waals surface area (Å²) < 4.78 is 0. The highest BCUT2D eigenvalue weighted by molar-refractivity contribution is 6.14. The Bertz CT molecular complexity index is 368. The molecule has 80 valence electrons. The molecule has 0 radical (unpaired) electrons. The number of hydrogen-bond acceptors (Lipinski definition) is 2. The lowest BCUT2D eigenvalue weighted by Crippen LogP contribution is -2.46. The highest BCUT2D eigenvalue weighted by atomic mass is 35.5. The minimum atomic E-state index is -0.417. The lowest BCUT2D eigenvalue weighted by Gasteiger charge is -2.30. The van der Waals surface area contributed by atoms with Crippen LogP contribution in [0.2, 0.25) is 0 Å². The zero-order chi connectivity index (χ0) is 10.9. The van der Waals surface area contributed by atoms with Gasteiger partial charge in [-0.1, -0.05) is 30.3 Å². The third-order valence-corrected chi connectivity index (χ3v) is 3.25. The van der Waals surface area contributed by atoms with Crippen molar-refractivity contribution in [3.63, 3.8) is 0 Å². The van der Waals surface area contributed by atoms with Gasteiger partial charge in [0.1, 0.15) is 0 Å². The van der Waals surface area contributed by atoms with E-state index in [1.54, 1.807) is 0 Å². The molecule has 3 nitrogen and oxygen atoms in total. The molecule has 0 spiro atoms. The van der Waals surface area contributed by atoms with Gasteiger partial charge in [-0.25, -0.2) is 4.84 Å². The van der Waals surface area contributed by atoms with E-state index < -0.39 is 5.54 Å². The third-order valence-electron chi connectivity index (χ3n) is 2.99. The molecule has 1 aromatic carbocycles. The summed E-state index contributed by atoms with van der Waals surface area (Å²) in [5.74, 6) is 0.0273. The van der Waals surface area contributed by atoms with Crippen LogP contribution >= 0.6 is 11.8 Å². The monoisotopic (exact) mass is 224 g/mol. The summed E-state index contributed by atoms with van der Waals surface area (Å²) in [6.45, 7) is 1.98. The average molecular weight is 225 g/mol. The summed E-state index contributed by atoms with van der Waals surface area (Å²) >= 11 is 5.67. The van der Waals surface area contributed by atoms with Crippen LogP contribution in [0.1, 0.15) is 18.9 Å². The van der Waals surface area contributed by atoms with E-state index in [0.717, 1.165) is 5.56 Å². The molecule has 1 aromatic rings. The Morgan fingerprint density at radius 3 is 2.73 bits per heavy atom. The van der Waals surface area contributed by atoms with E-state index in [9.17, 15) is 4.79 Å². The molecule has 1 saturated heterocycles. The van der Waals surface area contributed by atoms with E-state index in [4.69, 9.17) is 11.8 Å². The minimum absolute atomic E-state index is 0.0273. The van der Waals surface area contributed by atoms with Crippen LogP contribution in [0.3, 0.4) is 0 Å². The molecule has 2 N–H and O–H groups in total. The Labute approximate surface area is 93.9 Å². The first-order valence-corrected chi connectivity index (χ1v) is 5.27. The van der Waals surface area contributed by atoms with Crippen molar-refractivity contribution in [3.8, 4) is 0 Å². The summed E-state index contributed by atoms with van der Waals surface area (Å²) in [4.78, 5) is 14.1. The van der Waals surface area contributed by atoms with Gasteiger partial charge in [0, 0.05) is 6.42 Å². The van der Waals surface area contributed by atoms with Crippen molar-refractivity contribution in [1.82, 2.24) is 10.2 Å². The number of benzene rings is 1. The Morgan fingerprint density at radius 2 is 2.13 bits per heavy atom. The Balaban J connectivity index is 2.37. The van der Waals surface area contributed by atoms with E-state index in [1.807, 2.05) is 37.3 Å². The molecule has 1 aliphatic heterocycles. The maximum atomic E-state index is 11.4. The van der Waals surface area contributed by atoms with Crippen molar-refractivity contribution in [3.05, 3.63) is 35.9 Å². The lowest BCUT2D eigenvalue weighted by atomic mass is 9.87. The van der Waals surface area contributed by atoms with Gasteiger partial charge in [0.15, 0.2) is 0 Å². The second kappa shape index (κ2) is 3.83. The lowest BCUT2D eigenvalue weighted by molar-refractivity contribution is -0.119. The Kier molecular flexibility index (Phi) is 2.67.